The number of carbonyl (C=O) groups is 1. The molecule has 104 valence electrons. The van der Waals surface area contributed by atoms with Gasteiger partial charge in [-0.1, -0.05) is 60.4 Å². The highest BCUT2D eigenvalue weighted by molar-refractivity contribution is 5.84. The molecule has 21 heavy (non-hydrogen) atoms. The largest absolute Gasteiger partial charge is 0.299 e. The maximum atomic E-state index is 12.1. The third-order valence-corrected chi connectivity index (χ3v) is 4.06. The average Bonchev–Trinajstić information content (AvgIpc) is 2.96. The maximum absolute atomic E-state index is 12.1. The van der Waals surface area contributed by atoms with Crippen LogP contribution in [-0.2, 0) is 4.79 Å². The van der Waals surface area contributed by atoms with Crippen LogP contribution < -0.4 is 0 Å². The van der Waals surface area contributed by atoms with E-state index in [-0.39, 0.29) is 11.8 Å². The fourth-order valence-corrected chi connectivity index (χ4v) is 2.95. The Balaban J connectivity index is 1.93. The SMILES string of the molecule is O=C1CCCC1[C@H](C#Cc1ccccc1)c1ccccc1. The van der Waals surface area contributed by atoms with Gasteiger partial charge in [0.25, 0.3) is 0 Å². The summed E-state index contributed by atoms with van der Waals surface area (Å²) in [4.78, 5) is 12.1. The van der Waals surface area contributed by atoms with Gasteiger partial charge in [-0.15, -0.1) is 0 Å². The van der Waals surface area contributed by atoms with Gasteiger partial charge in [0.15, 0.2) is 0 Å². The second-order valence-corrected chi connectivity index (χ2v) is 5.49. The van der Waals surface area contributed by atoms with Crippen LogP contribution in [0.15, 0.2) is 60.7 Å². The minimum atomic E-state index is 0.0152. The van der Waals surface area contributed by atoms with Crippen molar-refractivity contribution in [2.45, 2.75) is 25.2 Å². The lowest BCUT2D eigenvalue weighted by Crippen LogP contribution is -2.16. The number of hydrogen-bond acceptors (Lipinski definition) is 1. The van der Waals surface area contributed by atoms with Crippen LogP contribution in [0.25, 0.3) is 0 Å². The molecular formula is C20H18O. The van der Waals surface area contributed by atoms with E-state index in [1.807, 2.05) is 48.5 Å². The first-order valence-electron chi connectivity index (χ1n) is 7.49. The Morgan fingerprint density at radius 1 is 0.952 bits per heavy atom. The third-order valence-electron chi connectivity index (χ3n) is 4.06. The first-order chi connectivity index (χ1) is 10.3. The topological polar surface area (TPSA) is 17.1 Å². The summed E-state index contributed by atoms with van der Waals surface area (Å²) in [6.45, 7) is 0. The Kier molecular flexibility index (Phi) is 4.17. The first kappa shape index (κ1) is 13.6. The van der Waals surface area contributed by atoms with Crippen LogP contribution in [-0.4, -0.2) is 5.78 Å². The van der Waals surface area contributed by atoms with Gasteiger partial charge in [0.1, 0.15) is 5.78 Å². The van der Waals surface area contributed by atoms with Gasteiger partial charge in [-0.25, -0.2) is 0 Å². The zero-order valence-corrected chi connectivity index (χ0v) is 12.0. The molecule has 0 spiro atoms. The normalized spacial score (nSPS) is 18.9. The monoisotopic (exact) mass is 274 g/mol. The predicted octanol–water partition coefficient (Wildman–Crippen LogP) is 4.19. The van der Waals surface area contributed by atoms with E-state index in [1.54, 1.807) is 0 Å². The van der Waals surface area contributed by atoms with E-state index in [9.17, 15) is 4.79 Å². The van der Waals surface area contributed by atoms with Crippen molar-refractivity contribution in [3.05, 3.63) is 71.8 Å². The number of Topliss-reactive ketones (excluding diaryl/α,β-unsaturated/α-hetero) is 1. The molecule has 0 aromatic heterocycles. The van der Waals surface area contributed by atoms with Gasteiger partial charge in [-0.05, 0) is 30.5 Å². The van der Waals surface area contributed by atoms with Crippen molar-refractivity contribution in [1.82, 2.24) is 0 Å². The first-order valence-corrected chi connectivity index (χ1v) is 7.49. The van der Waals surface area contributed by atoms with Crippen molar-refractivity contribution in [3.8, 4) is 11.8 Å². The molecule has 3 rings (SSSR count). The minimum Gasteiger partial charge on any atom is -0.299 e. The second-order valence-electron chi connectivity index (χ2n) is 5.49. The van der Waals surface area contributed by atoms with Crippen molar-refractivity contribution < 1.29 is 4.79 Å². The molecule has 1 saturated carbocycles. The molecule has 1 aliphatic rings. The van der Waals surface area contributed by atoms with E-state index in [0.29, 0.717) is 12.2 Å². The van der Waals surface area contributed by atoms with Gasteiger partial charge < -0.3 is 0 Å². The fourth-order valence-electron chi connectivity index (χ4n) is 2.95. The fraction of sp³-hybridized carbons (Fsp3) is 0.250. The molecule has 0 heterocycles. The van der Waals surface area contributed by atoms with Crippen LogP contribution in [0.1, 0.15) is 36.3 Å². The van der Waals surface area contributed by atoms with Crippen LogP contribution in [0.4, 0.5) is 0 Å². The van der Waals surface area contributed by atoms with Crippen LogP contribution in [0, 0.1) is 17.8 Å². The lowest BCUT2D eigenvalue weighted by atomic mass is 9.84. The van der Waals surface area contributed by atoms with E-state index in [1.165, 1.54) is 0 Å². The van der Waals surface area contributed by atoms with Crippen LogP contribution in [0.3, 0.4) is 0 Å². The molecule has 2 aromatic rings. The number of carbonyl (C=O) groups excluding carboxylic acids is 1. The van der Waals surface area contributed by atoms with E-state index < -0.39 is 0 Å². The summed E-state index contributed by atoms with van der Waals surface area (Å²) in [5.41, 5.74) is 2.16. The van der Waals surface area contributed by atoms with Crippen LogP contribution in [0.5, 0.6) is 0 Å². The molecule has 2 aromatic carbocycles. The van der Waals surface area contributed by atoms with E-state index in [2.05, 4.69) is 24.0 Å². The molecule has 1 nitrogen and oxygen atoms in total. The molecule has 0 radical (unpaired) electrons. The number of hydrogen-bond donors (Lipinski definition) is 0. The molecule has 1 fully saturated rings. The van der Waals surface area contributed by atoms with Crippen molar-refractivity contribution in [2.24, 2.45) is 5.92 Å². The molecule has 0 aliphatic heterocycles. The molecule has 2 atom stereocenters. The highest BCUT2D eigenvalue weighted by Crippen LogP contribution is 2.34. The van der Waals surface area contributed by atoms with Crippen molar-refractivity contribution >= 4 is 5.78 Å². The summed E-state index contributed by atoms with van der Waals surface area (Å²) < 4.78 is 0. The molecule has 0 amide bonds. The minimum absolute atomic E-state index is 0.0152. The number of ketones is 1. The number of benzene rings is 2. The molecule has 1 aliphatic carbocycles. The smallest absolute Gasteiger partial charge is 0.137 e. The molecule has 0 N–H and O–H groups in total. The zero-order chi connectivity index (χ0) is 14.5. The van der Waals surface area contributed by atoms with Crippen LogP contribution in [0.2, 0.25) is 0 Å². The Morgan fingerprint density at radius 3 is 2.24 bits per heavy atom. The van der Waals surface area contributed by atoms with Gasteiger partial charge in [-0.2, -0.15) is 0 Å². The Labute approximate surface area is 126 Å². The zero-order valence-electron chi connectivity index (χ0n) is 12.0. The Morgan fingerprint density at radius 2 is 1.62 bits per heavy atom. The Hall–Kier alpha value is -2.33. The average molecular weight is 274 g/mol. The van der Waals surface area contributed by atoms with Gasteiger partial charge in [0.2, 0.25) is 0 Å². The van der Waals surface area contributed by atoms with Crippen molar-refractivity contribution in [2.75, 3.05) is 0 Å². The van der Waals surface area contributed by atoms with Crippen LogP contribution >= 0.6 is 0 Å². The van der Waals surface area contributed by atoms with Gasteiger partial charge >= 0.3 is 0 Å². The lowest BCUT2D eigenvalue weighted by Gasteiger charge is -2.17. The number of rotatable bonds is 2. The van der Waals surface area contributed by atoms with E-state index in [4.69, 9.17) is 0 Å². The maximum Gasteiger partial charge on any atom is 0.137 e. The van der Waals surface area contributed by atoms with Crippen molar-refractivity contribution in [1.29, 1.82) is 0 Å². The summed E-state index contributed by atoms with van der Waals surface area (Å²) in [6, 6.07) is 20.2. The lowest BCUT2D eigenvalue weighted by molar-refractivity contribution is -0.120. The summed E-state index contributed by atoms with van der Waals surface area (Å²) >= 11 is 0. The standard InChI is InChI=1S/C20H18O/c21-20-13-7-12-19(20)18(17-10-5-2-6-11-17)15-14-16-8-3-1-4-9-16/h1-6,8-11,18-19H,7,12-13H2/t18-,19?/m1/s1. The second kappa shape index (κ2) is 6.41. The van der Waals surface area contributed by atoms with E-state index in [0.717, 1.165) is 24.0 Å². The molecule has 1 heteroatoms. The highest BCUT2D eigenvalue weighted by Gasteiger charge is 2.31. The summed E-state index contributed by atoms with van der Waals surface area (Å²) in [5, 5.41) is 0. The van der Waals surface area contributed by atoms with Crippen molar-refractivity contribution in [3.63, 3.8) is 0 Å². The summed E-state index contributed by atoms with van der Waals surface area (Å²) in [5.74, 6) is 7.03. The summed E-state index contributed by atoms with van der Waals surface area (Å²) in [6.07, 6.45) is 2.67. The molecule has 0 saturated heterocycles. The molecule has 1 unspecified atom stereocenters. The predicted molar refractivity (Wildman–Crippen MR) is 84.9 cm³/mol. The Bertz CT molecular complexity index is 661. The van der Waals surface area contributed by atoms with E-state index >= 15 is 0 Å². The third kappa shape index (κ3) is 3.23. The van der Waals surface area contributed by atoms with Gasteiger partial charge in [0, 0.05) is 17.9 Å². The van der Waals surface area contributed by atoms with Gasteiger partial charge in [0.05, 0.1) is 5.92 Å². The molecule has 0 bridgehead atoms. The highest BCUT2D eigenvalue weighted by atomic mass is 16.1. The summed E-state index contributed by atoms with van der Waals surface area (Å²) in [7, 11) is 0. The van der Waals surface area contributed by atoms with Gasteiger partial charge in [-0.3, -0.25) is 4.79 Å². The quantitative estimate of drug-likeness (QED) is 0.750. The molecular weight excluding hydrogens is 256 g/mol.